The maximum atomic E-state index is 15.6. The number of carbonyl (C=O) groups is 2. The highest BCUT2D eigenvalue weighted by atomic mass is 35.5. The van der Waals surface area contributed by atoms with Crippen molar-refractivity contribution in [3.8, 4) is 0 Å². The second kappa shape index (κ2) is 7.79. The zero-order valence-electron chi connectivity index (χ0n) is 18.9. The van der Waals surface area contributed by atoms with E-state index in [0.717, 1.165) is 18.4 Å². The molecule has 1 amide bonds. The Kier molecular flexibility index (Phi) is 5.39. The number of ketones is 1. The summed E-state index contributed by atoms with van der Waals surface area (Å²) in [6, 6.07) is 10.0. The number of benzene rings is 2. The molecule has 2 aromatic rings. The fourth-order valence-corrected chi connectivity index (χ4v) is 6.68. The molecule has 0 bridgehead atoms. The van der Waals surface area contributed by atoms with Crippen LogP contribution in [-0.2, 0) is 15.1 Å². The van der Waals surface area contributed by atoms with Crippen molar-refractivity contribution in [2.45, 2.75) is 57.5 Å². The molecule has 0 radical (unpaired) electrons. The van der Waals surface area contributed by atoms with Gasteiger partial charge in [0.25, 0.3) is 0 Å². The first-order valence-corrected chi connectivity index (χ1v) is 12.2. The molecule has 33 heavy (non-hydrogen) atoms. The number of likely N-dealkylation sites (tertiary alicyclic amines) is 1. The molecule has 2 heterocycles. The Morgan fingerprint density at radius 1 is 1.18 bits per heavy atom. The van der Waals surface area contributed by atoms with Crippen molar-refractivity contribution >= 4 is 40.6 Å². The molecule has 1 aliphatic carbocycles. The SMILES string of the molecule is CC(C)(C)CN1[C@H]2CCCC(=O)[C@H]2[C@H](c2cccc(Cl)c2F)[C@]12C(=O)Nc1cc(Cl)ccc12. The van der Waals surface area contributed by atoms with Gasteiger partial charge in [-0.1, -0.05) is 62.2 Å². The van der Waals surface area contributed by atoms with Crippen molar-refractivity contribution < 1.29 is 14.0 Å². The van der Waals surface area contributed by atoms with E-state index < -0.39 is 23.2 Å². The number of nitrogens with zero attached hydrogens (tertiary/aromatic N) is 1. The third-order valence-corrected chi connectivity index (χ3v) is 7.85. The Balaban J connectivity index is 1.85. The van der Waals surface area contributed by atoms with Crippen molar-refractivity contribution in [2.24, 2.45) is 11.3 Å². The minimum Gasteiger partial charge on any atom is -0.324 e. The Bertz CT molecular complexity index is 1160. The fraction of sp³-hybridized carbons (Fsp3) is 0.462. The first kappa shape index (κ1) is 22.8. The van der Waals surface area contributed by atoms with Crippen LogP contribution in [0.5, 0.6) is 0 Å². The molecule has 4 atom stereocenters. The summed E-state index contributed by atoms with van der Waals surface area (Å²) in [5.41, 5.74) is 0.295. The summed E-state index contributed by atoms with van der Waals surface area (Å²) < 4.78 is 15.6. The largest absolute Gasteiger partial charge is 0.324 e. The van der Waals surface area contributed by atoms with E-state index in [1.54, 1.807) is 24.3 Å². The molecular weight excluding hydrogens is 462 g/mol. The molecule has 174 valence electrons. The van der Waals surface area contributed by atoms with E-state index >= 15 is 4.39 Å². The molecule has 4 nitrogen and oxygen atoms in total. The summed E-state index contributed by atoms with van der Waals surface area (Å²) in [5, 5.41) is 3.51. The number of hydrogen-bond donors (Lipinski definition) is 1. The van der Waals surface area contributed by atoms with E-state index in [-0.39, 0.29) is 28.2 Å². The Labute approximate surface area is 203 Å². The third kappa shape index (κ3) is 3.35. The van der Waals surface area contributed by atoms with Gasteiger partial charge in [-0.25, -0.2) is 4.39 Å². The van der Waals surface area contributed by atoms with Gasteiger partial charge in [0.15, 0.2) is 0 Å². The predicted octanol–water partition coefficient (Wildman–Crippen LogP) is 6.16. The van der Waals surface area contributed by atoms with Crippen LogP contribution in [-0.4, -0.2) is 29.2 Å². The number of nitrogens with one attached hydrogen (secondary N) is 1. The van der Waals surface area contributed by atoms with Crippen LogP contribution < -0.4 is 5.32 Å². The maximum Gasteiger partial charge on any atom is 0.250 e. The van der Waals surface area contributed by atoms with Crippen LogP contribution >= 0.6 is 23.2 Å². The number of hydrogen-bond acceptors (Lipinski definition) is 3. The van der Waals surface area contributed by atoms with Gasteiger partial charge in [0.1, 0.15) is 17.1 Å². The average Bonchev–Trinajstić information content (AvgIpc) is 3.17. The molecule has 3 aliphatic rings. The van der Waals surface area contributed by atoms with Gasteiger partial charge in [0, 0.05) is 47.1 Å². The van der Waals surface area contributed by atoms with E-state index in [9.17, 15) is 9.59 Å². The highest BCUT2D eigenvalue weighted by Crippen LogP contribution is 2.62. The van der Waals surface area contributed by atoms with Gasteiger partial charge in [-0.05, 0) is 42.0 Å². The molecule has 2 aliphatic heterocycles. The molecule has 1 saturated heterocycles. The second-order valence-electron chi connectivity index (χ2n) is 10.7. The minimum atomic E-state index is -1.23. The quantitative estimate of drug-likeness (QED) is 0.550. The molecule has 7 heteroatoms. The number of halogens is 3. The number of rotatable bonds is 2. The first-order chi connectivity index (χ1) is 15.6. The van der Waals surface area contributed by atoms with Crippen LogP contribution in [0.3, 0.4) is 0 Å². The number of anilines is 1. The van der Waals surface area contributed by atoms with Gasteiger partial charge in [-0.15, -0.1) is 0 Å². The van der Waals surface area contributed by atoms with Gasteiger partial charge < -0.3 is 5.32 Å². The van der Waals surface area contributed by atoms with Crippen molar-refractivity contribution in [3.05, 3.63) is 63.4 Å². The summed E-state index contributed by atoms with van der Waals surface area (Å²) in [5.74, 6) is -1.91. The van der Waals surface area contributed by atoms with Crippen LogP contribution in [0.15, 0.2) is 36.4 Å². The maximum absolute atomic E-state index is 15.6. The highest BCUT2D eigenvalue weighted by Gasteiger charge is 2.69. The zero-order chi connectivity index (χ0) is 23.7. The Hall–Kier alpha value is -1.95. The van der Waals surface area contributed by atoms with Crippen molar-refractivity contribution in [1.29, 1.82) is 0 Å². The summed E-state index contributed by atoms with van der Waals surface area (Å²) in [4.78, 5) is 29.7. The number of amides is 1. The van der Waals surface area contributed by atoms with Crippen LogP contribution in [0.2, 0.25) is 10.0 Å². The third-order valence-electron chi connectivity index (χ3n) is 7.32. The highest BCUT2D eigenvalue weighted by molar-refractivity contribution is 6.31. The zero-order valence-corrected chi connectivity index (χ0v) is 20.4. The lowest BCUT2D eigenvalue weighted by Gasteiger charge is -2.43. The lowest BCUT2D eigenvalue weighted by atomic mass is 9.68. The summed E-state index contributed by atoms with van der Waals surface area (Å²) in [7, 11) is 0. The van der Waals surface area contributed by atoms with Crippen molar-refractivity contribution in [2.75, 3.05) is 11.9 Å². The molecule has 1 N–H and O–H groups in total. The van der Waals surface area contributed by atoms with E-state index in [4.69, 9.17) is 23.2 Å². The standard InChI is InChI=1S/C26H27Cl2FN2O2/c1-25(2,3)13-31-19-8-5-9-20(32)21(19)22(15-6-4-7-17(28)23(15)29)26(31)16-11-10-14(27)12-18(16)30-24(26)33/h4,6-7,10-12,19,21-22H,5,8-9,13H2,1-3H3,(H,30,33)/t19-,21-,22-,26+/m0/s1. The van der Waals surface area contributed by atoms with Crippen LogP contribution in [0, 0.1) is 17.2 Å². The normalized spacial score (nSPS) is 29.3. The van der Waals surface area contributed by atoms with Crippen molar-refractivity contribution in [1.82, 2.24) is 4.90 Å². The number of carbonyl (C=O) groups excluding carboxylic acids is 2. The smallest absolute Gasteiger partial charge is 0.250 e. The van der Waals surface area contributed by atoms with E-state index in [0.29, 0.717) is 29.2 Å². The number of Topliss-reactive ketones (excluding diaryl/α,β-unsaturated/α-hetero) is 1. The molecule has 0 aromatic heterocycles. The van der Waals surface area contributed by atoms with Gasteiger partial charge in [0.2, 0.25) is 5.91 Å². The summed E-state index contributed by atoms with van der Waals surface area (Å²) in [6.45, 7) is 6.92. The molecule has 2 aromatic carbocycles. The molecular formula is C26H27Cl2FN2O2. The monoisotopic (exact) mass is 488 g/mol. The van der Waals surface area contributed by atoms with Crippen LogP contribution in [0.1, 0.15) is 57.1 Å². The van der Waals surface area contributed by atoms with Crippen molar-refractivity contribution in [3.63, 3.8) is 0 Å². The molecule has 5 rings (SSSR count). The summed E-state index contributed by atoms with van der Waals surface area (Å²) >= 11 is 12.5. The van der Waals surface area contributed by atoms with Gasteiger partial charge in [-0.3, -0.25) is 14.5 Å². The van der Waals surface area contributed by atoms with Crippen LogP contribution in [0.4, 0.5) is 10.1 Å². The topological polar surface area (TPSA) is 49.4 Å². The first-order valence-electron chi connectivity index (χ1n) is 11.4. The molecule has 1 spiro atoms. The predicted molar refractivity (Wildman–Crippen MR) is 128 cm³/mol. The Morgan fingerprint density at radius 3 is 2.67 bits per heavy atom. The molecule has 0 unspecified atom stereocenters. The molecule has 1 saturated carbocycles. The number of fused-ring (bicyclic) bond motifs is 3. The van der Waals surface area contributed by atoms with Gasteiger partial charge in [-0.2, -0.15) is 0 Å². The fourth-order valence-electron chi connectivity index (χ4n) is 6.32. The Morgan fingerprint density at radius 2 is 1.94 bits per heavy atom. The van der Waals surface area contributed by atoms with Crippen LogP contribution in [0.25, 0.3) is 0 Å². The van der Waals surface area contributed by atoms with E-state index in [1.807, 2.05) is 6.07 Å². The lowest BCUT2D eigenvalue weighted by Crippen LogP contribution is -2.54. The van der Waals surface area contributed by atoms with E-state index in [1.165, 1.54) is 6.07 Å². The molecule has 2 fully saturated rings. The lowest BCUT2D eigenvalue weighted by molar-refractivity contribution is -0.129. The van der Waals surface area contributed by atoms with E-state index in [2.05, 4.69) is 31.0 Å². The second-order valence-corrected chi connectivity index (χ2v) is 11.5. The van der Waals surface area contributed by atoms with Gasteiger partial charge >= 0.3 is 0 Å². The average molecular weight is 489 g/mol. The summed E-state index contributed by atoms with van der Waals surface area (Å²) in [6.07, 6.45) is 1.98. The minimum absolute atomic E-state index is 0.00790. The van der Waals surface area contributed by atoms with Gasteiger partial charge in [0.05, 0.1) is 5.02 Å².